The maximum Gasteiger partial charge on any atom is 0.250 e. The van der Waals surface area contributed by atoms with Gasteiger partial charge in [0.1, 0.15) is 11.6 Å². The number of rotatable bonds is 4. The Balaban J connectivity index is 2.02. The zero-order chi connectivity index (χ0) is 18.8. The molecule has 0 aliphatic carbocycles. The molecule has 5 heteroatoms. The zero-order valence-electron chi connectivity index (χ0n) is 14.8. The highest BCUT2D eigenvalue weighted by atomic mass is 35.5. The van der Waals surface area contributed by atoms with Crippen molar-refractivity contribution in [2.75, 3.05) is 7.11 Å². The first kappa shape index (κ1) is 18.2. The highest BCUT2D eigenvalue weighted by Crippen LogP contribution is 2.29. The van der Waals surface area contributed by atoms with Gasteiger partial charge >= 0.3 is 0 Å². The summed E-state index contributed by atoms with van der Waals surface area (Å²) in [6.07, 6.45) is 1.75. The molecule has 1 aromatic heterocycles. The SMILES string of the molecule is COc1c(C)cc(-c2ccc(=O)n(Cc3ccc(Cl)cc3F)c2)cc1C. The lowest BCUT2D eigenvalue weighted by Gasteiger charge is -2.13. The lowest BCUT2D eigenvalue weighted by Crippen LogP contribution is -2.19. The first-order valence-electron chi connectivity index (χ1n) is 8.19. The Morgan fingerprint density at radius 2 is 1.73 bits per heavy atom. The number of methoxy groups -OCH3 is 1. The summed E-state index contributed by atoms with van der Waals surface area (Å²) in [5.74, 6) is 0.427. The number of aryl methyl sites for hydroxylation is 2. The van der Waals surface area contributed by atoms with Gasteiger partial charge in [0, 0.05) is 22.8 Å². The predicted molar refractivity (Wildman–Crippen MR) is 103 cm³/mol. The smallest absolute Gasteiger partial charge is 0.250 e. The average Bonchev–Trinajstić information content (AvgIpc) is 2.58. The van der Waals surface area contributed by atoms with Crippen LogP contribution in [0.25, 0.3) is 11.1 Å². The van der Waals surface area contributed by atoms with Crippen molar-refractivity contribution in [1.29, 1.82) is 0 Å². The Labute approximate surface area is 156 Å². The first-order chi connectivity index (χ1) is 12.4. The van der Waals surface area contributed by atoms with E-state index < -0.39 is 5.82 Å². The van der Waals surface area contributed by atoms with Gasteiger partial charge in [-0.2, -0.15) is 0 Å². The number of aromatic nitrogens is 1. The number of hydrogen-bond donors (Lipinski definition) is 0. The van der Waals surface area contributed by atoms with Crippen LogP contribution in [0.1, 0.15) is 16.7 Å². The van der Waals surface area contributed by atoms with Gasteiger partial charge in [0.2, 0.25) is 0 Å². The Morgan fingerprint density at radius 1 is 1.04 bits per heavy atom. The quantitative estimate of drug-likeness (QED) is 0.647. The molecule has 0 aliphatic rings. The average molecular weight is 372 g/mol. The third-order valence-corrected chi connectivity index (χ3v) is 4.57. The molecule has 0 N–H and O–H groups in total. The minimum Gasteiger partial charge on any atom is -0.496 e. The molecule has 0 saturated carbocycles. The second kappa shape index (κ2) is 7.34. The van der Waals surface area contributed by atoms with E-state index in [0.29, 0.717) is 10.6 Å². The van der Waals surface area contributed by atoms with Crippen LogP contribution >= 0.6 is 11.6 Å². The summed E-state index contributed by atoms with van der Waals surface area (Å²) in [5, 5.41) is 0.330. The van der Waals surface area contributed by atoms with Crippen molar-refractivity contribution in [3.63, 3.8) is 0 Å². The van der Waals surface area contributed by atoms with Gasteiger partial charge in [-0.15, -0.1) is 0 Å². The van der Waals surface area contributed by atoms with Crippen molar-refractivity contribution in [2.45, 2.75) is 20.4 Å². The van der Waals surface area contributed by atoms with Crippen LogP contribution < -0.4 is 10.3 Å². The van der Waals surface area contributed by atoms with Crippen molar-refractivity contribution < 1.29 is 9.13 Å². The second-order valence-electron chi connectivity index (χ2n) is 6.26. The number of pyridine rings is 1. The summed E-state index contributed by atoms with van der Waals surface area (Å²) in [7, 11) is 1.65. The van der Waals surface area contributed by atoms with E-state index in [4.69, 9.17) is 16.3 Å². The van der Waals surface area contributed by atoms with Crippen LogP contribution in [0.2, 0.25) is 5.02 Å². The number of ether oxygens (including phenoxy) is 1. The molecule has 0 fully saturated rings. The number of nitrogens with zero attached hydrogens (tertiary/aromatic N) is 1. The lowest BCUT2D eigenvalue weighted by molar-refractivity contribution is 0.408. The van der Waals surface area contributed by atoms with Crippen LogP contribution in [0, 0.1) is 19.7 Å². The Kier molecular flexibility index (Phi) is 5.14. The summed E-state index contributed by atoms with van der Waals surface area (Å²) in [5.41, 5.74) is 4.12. The van der Waals surface area contributed by atoms with E-state index in [0.717, 1.165) is 28.0 Å². The first-order valence-corrected chi connectivity index (χ1v) is 8.57. The summed E-state index contributed by atoms with van der Waals surface area (Å²) < 4.78 is 21.0. The molecule has 1 heterocycles. The Hall–Kier alpha value is -2.59. The lowest BCUT2D eigenvalue weighted by atomic mass is 10.0. The molecule has 0 amide bonds. The van der Waals surface area contributed by atoms with Crippen LogP contribution in [0.15, 0.2) is 53.5 Å². The largest absolute Gasteiger partial charge is 0.496 e. The van der Waals surface area contributed by atoms with Crippen molar-refractivity contribution in [1.82, 2.24) is 4.57 Å². The predicted octanol–water partition coefficient (Wildman–Crippen LogP) is 4.98. The van der Waals surface area contributed by atoms with Gasteiger partial charge in [-0.3, -0.25) is 4.79 Å². The summed E-state index contributed by atoms with van der Waals surface area (Å²) in [6, 6.07) is 11.8. The molecule has 0 bridgehead atoms. The van der Waals surface area contributed by atoms with Crippen molar-refractivity contribution in [2.24, 2.45) is 0 Å². The monoisotopic (exact) mass is 371 g/mol. The molecule has 26 heavy (non-hydrogen) atoms. The number of halogens is 2. The summed E-state index contributed by atoms with van der Waals surface area (Å²) in [4.78, 5) is 12.2. The molecule has 0 radical (unpaired) electrons. The second-order valence-corrected chi connectivity index (χ2v) is 6.70. The van der Waals surface area contributed by atoms with E-state index in [2.05, 4.69) is 0 Å². The van der Waals surface area contributed by atoms with Crippen LogP contribution in [0.4, 0.5) is 4.39 Å². The van der Waals surface area contributed by atoms with Crippen LogP contribution in [0.3, 0.4) is 0 Å². The van der Waals surface area contributed by atoms with Crippen molar-refractivity contribution in [3.05, 3.63) is 86.5 Å². The maximum atomic E-state index is 14.1. The van der Waals surface area contributed by atoms with Crippen LogP contribution in [-0.4, -0.2) is 11.7 Å². The molecule has 0 saturated heterocycles. The molecular formula is C21H19ClFNO2. The van der Waals surface area contributed by atoms with E-state index >= 15 is 0 Å². The number of benzene rings is 2. The molecule has 134 valence electrons. The van der Waals surface area contributed by atoms with Gasteiger partial charge in [-0.25, -0.2) is 4.39 Å². The summed E-state index contributed by atoms with van der Waals surface area (Å²) >= 11 is 5.79. The van der Waals surface area contributed by atoms with Gasteiger partial charge in [0.25, 0.3) is 5.56 Å². The third-order valence-electron chi connectivity index (χ3n) is 4.34. The van der Waals surface area contributed by atoms with E-state index in [9.17, 15) is 9.18 Å². The van der Waals surface area contributed by atoms with E-state index in [1.54, 1.807) is 31.5 Å². The van der Waals surface area contributed by atoms with Crippen LogP contribution in [-0.2, 0) is 6.54 Å². The highest BCUT2D eigenvalue weighted by Gasteiger charge is 2.10. The zero-order valence-corrected chi connectivity index (χ0v) is 15.6. The fraction of sp³-hybridized carbons (Fsp3) is 0.190. The summed E-state index contributed by atoms with van der Waals surface area (Å²) in [6.45, 7) is 4.10. The van der Waals surface area contributed by atoms with Crippen LogP contribution in [0.5, 0.6) is 5.75 Å². The normalized spacial score (nSPS) is 10.8. The molecule has 0 unspecified atom stereocenters. The van der Waals surface area contributed by atoms with E-state index in [-0.39, 0.29) is 12.1 Å². The van der Waals surface area contributed by atoms with Gasteiger partial charge in [0.05, 0.1) is 13.7 Å². The van der Waals surface area contributed by atoms with Gasteiger partial charge in [-0.1, -0.05) is 17.7 Å². The van der Waals surface area contributed by atoms with Crippen molar-refractivity contribution in [3.8, 4) is 16.9 Å². The molecule has 0 atom stereocenters. The fourth-order valence-electron chi connectivity index (χ4n) is 3.10. The van der Waals surface area contributed by atoms with E-state index in [1.165, 1.54) is 16.7 Å². The standard InChI is InChI=1S/C21H19ClFNO2/c1-13-8-17(9-14(2)21(13)26-3)15-5-7-20(25)24(11-15)12-16-4-6-18(22)10-19(16)23/h4-11H,12H2,1-3H3. The minimum absolute atomic E-state index is 0.143. The van der Waals surface area contributed by atoms with Gasteiger partial charge < -0.3 is 9.30 Å². The Morgan fingerprint density at radius 3 is 2.35 bits per heavy atom. The Bertz CT molecular complexity index is 1000. The highest BCUT2D eigenvalue weighted by molar-refractivity contribution is 6.30. The van der Waals surface area contributed by atoms with E-state index in [1.807, 2.05) is 26.0 Å². The molecule has 3 rings (SSSR count). The molecule has 3 aromatic rings. The van der Waals surface area contributed by atoms with Gasteiger partial charge in [-0.05, 0) is 66.4 Å². The topological polar surface area (TPSA) is 31.2 Å². The molecule has 2 aromatic carbocycles. The fourth-order valence-corrected chi connectivity index (χ4v) is 3.26. The third kappa shape index (κ3) is 3.65. The number of hydrogen-bond acceptors (Lipinski definition) is 2. The molecule has 0 aliphatic heterocycles. The maximum absolute atomic E-state index is 14.1. The molecule has 0 spiro atoms. The van der Waals surface area contributed by atoms with Crippen molar-refractivity contribution >= 4 is 11.6 Å². The molecular weight excluding hydrogens is 353 g/mol. The minimum atomic E-state index is -0.425. The molecule has 3 nitrogen and oxygen atoms in total. The van der Waals surface area contributed by atoms with Gasteiger partial charge in [0.15, 0.2) is 0 Å².